The Morgan fingerprint density at radius 2 is 2.29 bits per heavy atom. The first-order valence-electron chi connectivity index (χ1n) is 5.01. The lowest BCUT2D eigenvalue weighted by Gasteiger charge is -2.06. The fourth-order valence-corrected chi connectivity index (χ4v) is 1.68. The summed E-state index contributed by atoms with van der Waals surface area (Å²) in [6.07, 6.45) is 1.55. The monoisotopic (exact) mass is 295 g/mol. The largest absolute Gasteiger partial charge is 0.477 e. The van der Waals surface area contributed by atoms with Crippen LogP contribution < -0.4 is 0 Å². The third-order valence-electron chi connectivity index (χ3n) is 2.28. The number of furan rings is 1. The third kappa shape index (κ3) is 2.55. The summed E-state index contributed by atoms with van der Waals surface area (Å²) in [5.74, 6) is -0.419. The summed E-state index contributed by atoms with van der Waals surface area (Å²) >= 11 is 3.38. The SMILES string of the molecule is CC(Br)c1cc(-c2ccco2)cc(C(=O)O)n1. The predicted octanol–water partition coefficient (Wildman–Crippen LogP) is 3.50. The molecule has 0 spiro atoms. The summed E-state index contributed by atoms with van der Waals surface area (Å²) in [6.45, 7) is 1.89. The van der Waals surface area contributed by atoms with Crippen LogP contribution in [-0.2, 0) is 0 Å². The maximum absolute atomic E-state index is 11.0. The van der Waals surface area contributed by atoms with Crippen LogP contribution in [-0.4, -0.2) is 16.1 Å². The molecule has 2 aromatic rings. The Kier molecular flexibility index (Phi) is 3.28. The van der Waals surface area contributed by atoms with E-state index in [0.717, 1.165) is 0 Å². The predicted molar refractivity (Wildman–Crippen MR) is 66.2 cm³/mol. The van der Waals surface area contributed by atoms with Gasteiger partial charge in [0, 0.05) is 5.56 Å². The highest BCUT2D eigenvalue weighted by Crippen LogP contribution is 2.27. The Labute approximate surface area is 106 Å². The average molecular weight is 296 g/mol. The van der Waals surface area contributed by atoms with E-state index in [1.165, 1.54) is 6.07 Å². The van der Waals surface area contributed by atoms with E-state index in [0.29, 0.717) is 17.0 Å². The summed E-state index contributed by atoms with van der Waals surface area (Å²) in [5.41, 5.74) is 1.39. The van der Waals surface area contributed by atoms with Crippen LogP contribution in [0.2, 0.25) is 0 Å². The van der Waals surface area contributed by atoms with E-state index < -0.39 is 5.97 Å². The number of carboxylic acids is 1. The van der Waals surface area contributed by atoms with E-state index in [1.807, 2.05) is 13.0 Å². The lowest BCUT2D eigenvalue weighted by Crippen LogP contribution is -2.03. The molecule has 0 aliphatic rings. The molecular weight excluding hydrogens is 286 g/mol. The standard InChI is InChI=1S/C12H10BrNO3/c1-7(13)9-5-8(11-3-2-4-17-11)6-10(14-9)12(15)16/h2-7H,1H3,(H,15,16). The van der Waals surface area contributed by atoms with Crippen LogP contribution in [0, 0.1) is 0 Å². The van der Waals surface area contributed by atoms with Gasteiger partial charge >= 0.3 is 5.97 Å². The Balaban J connectivity index is 2.56. The van der Waals surface area contributed by atoms with E-state index in [2.05, 4.69) is 20.9 Å². The Bertz CT molecular complexity index is 535. The van der Waals surface area contributed by atoms with E-state index in [9.17, 15) is 4.79 Å². The van der Waals surface area contributed by atoms with Crippen LogP contribution in [0.25, 0.3) is 11.3 Å². The number of carboxylic acid groups (broad SMARTS) is 1. The molecule has 17 heavy (non-hydrogen) atoms. The first kappa shape index (κ1) is 11.9. The van der Waals surface area contributed by atoms with Crippen LogP contribution in [0.1, 0.15) is 27.9 Å². The molecule has 0 aromatic carbocycles. The highest BCUT2D eigenvalue weighted by atomic mass is 79.9. The van der Waals surface area contributed by atoms with E-state index in [4.69, 9.17) is 9.52 Å². The number of rotatable bonds is 3. The molecule has 2 heterocycles. The lowest BCUT2D eigenvalue weighted by molar-refractivity contribution is 0.0690. The van der Waals surface area contributed by atoms with Crippen LogP contribution in [0.5, 0.6) is 0 Å². The van der Waals surface area contributed by atoms with Crippen LogP contribution in [0.15, 0.2) is 34.9 Å². The molecule has 0 radical (unpaired) electrons. The van der Waals surface area contributed by atoms with Gasteiger partial charge in [-0.05, 0) is 31.2 Å². The summed E-state index contributed by atoms with van der Waals surface area (Å²) in [7, 11) is 0. The van der Waals surface area contributed by atoms with Crippen molar-refractivity contribution in [3.8, 4) is 11.3 Å². The highest BCUT2D eigenvalue weighted by Gasteiger charge is 2.13. The topological polar surface area (TPSA) is 63.3 Å². The molecule has 4 nitrogen and oxygen atoms in total. The van der Waals surface area contributed by atoms with Crippen LogP contribution >= 0.6 is 15.9 Å². The molecule has 0 saturated carbocycles. The molecule has 0 bridgehead atoms. The minimum absolute atomic E-state index is 0.0141. The first-order chi connectivity index (χ1) is 8.08. The molecule has 0 fully saturated rings. The zero-order chi connectivity index (χ0) is 12.4. The summed E-state index contributed by atoms with van der Waals surface area (Å²) in [4.78, 5) is 15.0. The molecule has 0 aliphatic heterocycles. The Morgan fingerprint density at radius 3 is 2.82 bits per heavy atom. The number of aromatic nitrogens is 1. The average Bonchev–Trinajstić information content (AvgIpc) is 2.81. The number of carbonyl (C=O) groups is 1. The summed E-state index contributed by atoms with van der Waals surface area (Å²) in [6, 6.07) is 6.85. The second-order valence-corrected chi connectivity index (χ2v) is 4.94. The van der Waals surface area contributed by atoms with Crippen molar-refractivity contribution in [1.29, 1.82) is 0 Å². The van der Waals surface area contributed by atoms with Crippen molar-refractivity contribution >= 4 is 21.9 Å². The van der Waals surface area contributed by atoms with Crippen molar-refractivity contribution in [2.45, 2.75) is 11.8 Å². The van der Waals surface area contributed by atoms with Crippen LogP contribution in [0.3, 0.4) is 0 Å². The maximum Gasteiger partial charge on any atom is 0.354 e. The molecule has 2 rings (SSSR count). The molecule has 0 aliphatic carbocycles. The fraction of sp³-hybridized carbons (Fsp3) is 0.167. The number of hydrogen-bond donors (Lipinski definition) is 1. The van der Waals surface area contributed by atoms with Crippen molar-refractivity contribution in [2.24, 2.45) is 0 Å². The number of aromatic carboxylic acids is 1. The Morgan fingerprint density at radius 1 is 1.53 bits per heavy atom. The van der Waals surface area contributed by atoms with Crippen molar-refractivity contribution in [3.05, 3.63) is 41.9 Å². The lowest BCUT2D eigenvalue weighted by atomic mass is 10.1. The van der Waals surface area contributed by atoms with Gasteiger partial charge in [0.1, 0.15) is 11.5 Å². The van der Waals surface area contributed by atoms with E-state index in [-0.39, 0.29) is 10.5 Å². The second kappa shape index (κ2) is 4.71. The number of nitrogens with zero attached hydrogens (tertiary/aromatic N) is 1. The van der Waals surface area contributed by atoms with Gasteiger partial charge in [0.05, 0.1) is 16.8 Å². The van der Waals surface area contributed by atoms with Crippen molar-refractivity contribution < 1.29 is 14.3 Å². The number of alkyl halides is 1. The van der Waals surface area contributed by atoms with Crippen LogP contribution in [0.4, 0.5) is 0 Å². The van der Waals surface area contributed by atoms with E-state index >= 15 is 0 Å². The molecule has 1 N–H and O–H groups in total. The van der Waals surface area contributed by atoms with Gasteiger partial charge < -0.3 is 9.52 Å². The quantitative estimate of drug-likeness (QED) is 0.880. The molecule has 5 heteroatoms. The number of hydrogen-bond acceptors (Lipinski definition) is 3. The minimum atomic E-state index is -1.05. The second-order valence-electron chi connectivity index (χ2n) is 3.56. The molecular formula is C12H10BrNO3. The van der Waals surface area contributed by atoms with Gasteiger partial charge in [0.15, 0.2) is 0 Å². The number of pyridine rings is 1. The Hall–Kier alpha value is -1.62. The van der Waals surface area contributed by atoms with Gasteiger partial charge in [0.2, 0.25) is 0 Å². The zero-order valence-corrected chi connectivity index (χ0v) is 10.6. The van der Waals surface area contributed by atoms with Crippen molar-refractivity contribution in [3.63, 3.8) is 0 Å². The number of halogens is 1. The highest BCUT2D eigenvalue weighted by molar-refractivity contribution is 9.09. The van der Waals surface area contributed by atoms with Gasteiger partial charge in [-0.2, -0.15) is 0 Å². The fourth-order valence-electron chi connectivity index (χ4n) is 1.45. The van der Waals surface area contributed by atoms with Crippen molar-refractivity contribution in [2.75, 3.05) is 0 Å². The summed E-state index contributed by atoms with van der Waals surface area (Å²) < 4.78 is 5.25. The molecule has 88 valence electrons. The molecule has 2 aromatic heterocycles. The smallest absolute Gasteiger partial charge is 0.354 e. The normalized spacial score (nSPS) is 12.4. The van der Waals surface area contributed by atoms with E-state index in [1.54, 1.807) is 18.4 Å². The molecule has 0 saturated heterocycles. The van der Waals surface area contributed by atoms with Gasteiger partial charge in [0.25, 0.3) is 0 Å². The zero-order valence-electron chi connectivity index (χ0n) is 9.05. The maximum atomic E-state index is 11.0. The van der Waals surface area contributed by atoms with Gasteiger partial charge in [-0.1, -0.05) is 15.9 Å². The van der Waals surface area contributed by atoms with Crippen molar-refractivity contribution in [1.82, 2.24) is 4.98 Å². The first-order valence-corrected chi connectivity index (χ1v) is 5.92. The van der Waals surface area contributed by atoms with Gasteiger partial charge in [-0.15, -0.1) is 0 Å². The third-order valence-corrected chi connectivity index (χ3v) is 2.75. The molecule has 1 atom stereocenters. The minimum Gasteiger partial charge on any atom is -0.477 e. The molecule has 1 unspecified atom stereocenters. The van der Waals surface area contributed by atoms with Gasteiger partial charge in [-0.25, -0.2) is 9.78 Å². The van der Waals surface area contributed by atoms with Gasteiger partial charge in [-0.3, -0.25) is 0 Å². The summed E-state index contributed by atoms with van der Waals surface area (Å²) in [5, 5.41) is 9.00. The molecule has 0 amide bonds.